The highest BCUT2D eigenvalue weighted by Crippen LogP contribution is 2.28. The zero-order valence-electron chi connectivity index (χ0n) is 14.0. The van der Waals surface area contributed by atoms with Gasteiger partial charge in [0.1, 0.15) is 5.75 Å². The highest BCUT2D eigenvalue weighted by molar-refractivity contribution is 6.08. The topological polar surface area (TPSA) is 29.5 Å². The lowest BCUT2D eigenvalue weighted by Crippen LogP contribution is -2.37. The second-order valence-corrected chi connectivity index (χ2v) is 6.13. The maximum absolute atomic E-state index is 12.8. The molecule has 0 N–H and O–H groups in total. The van der Waals surface area contributed by atoms with Crippen molar-refractivity contribution in [2.24, 2.45) is 0 Å². The van der Waals surface area contributed by atoms with Gasteiger partial charge in [-0.3, -0.25) is 4.79 Å². The normalized spacial score (nSPS) is 15.3. The van der Waals surface area contributed by atoms with Crippen molar-refractivity contribution in [1.29, 1.82) is 0 Å². The maximum atomic E-state index is 12.8. The van der Waals surface area contributed by atoms with Crippen molar-refractivity contribution in [2.45, 2.75) is 32.6 Å². The molecule has 3 heteroatoms. The molecule has 23 heavy (non-hydrogen) atoms. The molecule has 1 unspecified atom stereocenters. The molecule has 0 fully saturated rings. The monoisotopic (exact) mass is 309 g/mol. The first kappa shape index (κ1) is 15.6. The van der Waals surface area contributed by atoms with Gasteiger partial charge in [-0.1, -0.05) is 26.0 Å². The summed E-state index contributed by atoms with van der Waals surface area (Å²) in [6.45, 7) is 5.13. The van der Waals surface area contributed by atoms with Crippen LogP contribution >= 0.6 is 0 Å². The number of amides is 1. The van der Waals surface area contributed by atoms with E-state index in [4.69, 9.17) is 4.74 Å². The van der Waals surface area contributed by atoms with Gasteiger partial charge in [-0.15, -0.1) is 0 Å². The lowest BCUT2D eigenvalue weighted by molar-refractivity contribution is 0.0980. The van der Waals surface area contributed by atoms with Crippen molar-refractivity contribution >= 4 is 11.6 Å². The summed E-state index contributed by atoms with van der Waals surface area (Å²) in [6, 6.07) is 14.1. The number of hydrogen-bond acceptors (Lipinski definition) is 2. The quantitative estimate of drug-likeness (QED) is 0.837. The molecule has 0 aromatic heterocycles. The summed E-state index contributed by atoms with van der Waals surface area (Å²) >= 11 is 0. The van der Waals surface area contributed by atoms with Crippen LogP contribution in [0.25, 0.3) is 0 Å². The Hall–Kier alpha value is -2.29. The van der Waals surface area contributed by atoms with E-state index in [1.807, 2.05) is 23.1 Å². The molecule has 2 aromatic carbocycles. The van der Waals surface area contributed by atoms with Crippen molar-refractivity contribution in [2.75, 3.05) is 18.6 Å². The third-order valence-electron chi connectivity index (χ3n) is 4.78. The molecule has 3 nitrogen and oxygen atoms in total. The van der Waals surface area contributed by atoms with Crippen LogP contribution in [-0.2, 0) is 6.42 Å². The van der Waals surface area contributed by atoms with E-state index in [0.29, 0.717) is 12.5 Å². The molecule has 1 atom stereocenters. The van der Waals surface area contributed by atoms with E-state index in [2.05, 4.69) is 38.1 Å². The minimum atomic E-state index is 0.0743. The average Bonchev–Trinajstić information content (AvgIpc) is 2.61. The van der Waals surface area contributed by atoms with Gasteiger partial charge in [0.25, 0.3) is 5.91 Å². The number of methoxy groups -OCH3 is 1. The van der Waals surface area contributed by atoms with Gasteiger partial charge in [0, 0.05) is 17.8 Å². The maximum Gasteiger partial charge on any atom is 0.258 e. The summed E-state index contributed by atoms with van der Waals surface area (Å²) in [5.41, 5.74) is 4.15. The average molecular weight is 309 g/mol. The van der Waals surface area contributed by atoms with E-state index in [1.54, 1.807) is 7.11 Å². The number of hydrogen-bond donors (Lipinski definition) is 0. The Morgan fingerprint density at radius 1 is 1.17 bits per heavy atom. The number of anilines is 1. The molecular weight excluding hydrogens is 286 g/mol. The van der Waals surface area contributed by atoms with Crippen LogP contribution in [0.15, 0.2) is 42.5 Å². The number of fused-ring (bicyclic) bond motifs is 1. The summed E-state index contributed by atoms with van der Waals surface area (Å²) in [5, 5.41) is 0. The van der Waals surface area contributed by atoms with Crippen LogP contribution in [0.5, 0.6) is 5.75 Å². The molecule has 0 spiro atoms. The fraction of sp³-hybridized carbons (Fsp3) is 0.350. The molecule has 0 radical (unpaired) electrons. The number of ether oxygens (including phenoxy) is 1. The Labute approximate surface area is 137 Å². The Morgan fingerprint density at radius 3 is 2.57 bits per heavy atom. The number of carbonyl (C=O) groups excluding carboxylic acids is 1. The predicted molar refractivity (Wildman–Crippen MR) is 93.5 cm³/mol. The first-order chi connectivity index (χ1) is 11.1. The van der Waals surface area contributed by atoms with Crippen LogP contribution in [0.4, 0.5) is 5.69 Å². The largest absolute Gasteiger partial charge is 0.497 e. The van der Waals surface area contributed by atoms with Gasteiger partial charge in [-0.2, -0.15) is 0 Å². The van der Waals surface area contributed by atoms with E-state index in [9.17, 15) is 4.79 Å². The molecule has 2 aromatic rings. The second-order valence-electron chi connectivity index (χ2n) is 6.13. The van der Waals surface area contributed by atoms with Crippen molar-refractivity contribution in [3.63, 3.8) is 0 Å². The van der Waals surface area contributed by atoms with Gasteiger partial charge in [0.2, 0.25) is 0 Å². The second kappa shape index (κ2) is 6.45. The molecule has 1 amide bonds. The molecule has 1 heterocycles. The summed E-state index contributed by atoms with van der Waals surface area (Å²) in [7, 11) is 1.65. The van der Waals surface area contributed by atoms with Crippen LogP contribution in [0.3, 0.4) is 0 Å². The van der Waals surface area contributed by atoms with E-state index in [0.717, 1.165) is 35.4 Å². The molecule has 0 aliphatic carbocycles. The summed E-state index contributed by atoms with van der Waals surface area (Å²) in [4.78, 5) is 14.6. The molecule has 0 saturated heterocycles. The Bertz CT molecular complexity index is 706. The Balaban J connectivity index is 1.86. The van der Waals surface area contributed by atoms with Gasteiger partial charge < -0.3 is 9.64 Å². The molecule has 120 valence electrons. The number of nitrogens with zero attached hydrogens (tertiary/aromatic N) is 1. The van der Waals surface area contributed by atoms with E-state index in [1.165, 1.54) is 5.56 Å². The fourth-order valence-electron chi connectivity index (χ4n) is 3.06. The Morgan fingerprint density at radius 2 is 1.91 bits per heavy atom. The number of benzene rings is 2. The highest BCUT2D eigenvalue weighted by atomic mass is 16.5. The van der Waals surface area contributed by atoms with Crippen molar-refractivity contribution in [3.8, 4) is 5.75 Å². The van der Waals surface area contributed by atoms with Crippen molar-refractivity contribution in [3.05, 3.63) is 59.2 Å². The van der Waals surface area contributed by atoms with Gasteiger partial charge in [0.15, 0.2) is 0 Å². The summed E-state index contributed by atoms with van der Waals surface area (Å²) in [5.74, 6) is 1.43. The first-order valence-electron chi connectivity index (χ1n) is 8.22. The highest BCUT2D eigenvalue weighted by Gasteiger charge is 2.25. The van der Waals surface area contributed by atoms with Gasteiger partial charge in [-0.05, 0) is 60.2 Å². The lowest BCUT2D eigenvalue weighted by atomic mass is 9.96. The van der Waals surface area contributed by atoms with Crippen LogP contribution in [0.1, 0.15) is 47.7 Å². The van der Waals surface area contributed by atoms with Crippen LogP contribution in [-0.4, -0.2) is 19.6 Å². The van der Waals surface area contributed by atoms with Gasteiger partial charge >= 0.3 is 0 Å². The van der Waals surface area contributed by atoms with Crippen LogP contribution < -0.4 is 9.64 Å². The predicted octanol–water partition coefficient (Wildman–Crippen LogP) is 4.41. The van der Waals surface area contributed by atoms with Gasteiger partial charge in [0.05, 0.1) is 7.11 Å². The fourth-order valence-corrected chi connectivity index (χ4v) is 3.06. The van der Waals surface area contributed by atoms with E-state index >= 15 is 0 Å². The lowest BCUT2D eigenvalue weighted by Gasteiger charge is -2.29. The molecule has 1 aliphatic rings. The smallest absolute Gasteiger partial charge is 0.258 e. The van der Waals surface area contributed by atoms with Crippen molar-refractivity contribution in [1.82, 2.24) is 0 Å². The first-order valence-corrected chi connectivity index (χ1v) is 8.22. The van der Waals surface area contributed by atoms with E-state index < -0.39 is 0 Å². The minimum Gasteiger partial charge on any atom is -0.497 e. The third-order valence-corrected chi connectivity index (χ3v) is 4.78. The zero-order chi connectivity index (χ0) is 16.4. The zero-order valence-corrected chi connectivity index (χ0v) is 14.0. The van der Waals surface area contributed by atoms with Crippen molar-refractivity contribution < 1.29 is 9.53 Å². The molecule has 1 aliphatic heterocycles. The summed E-state index contributed by atoms with van der Waals surface area (Å²) in [6.07, 6.45) is 1.97. The number of carbonyl (C=O) groups is 1. The Kier molecular flexibility index (Phi) is 4.37. The molecular formula is C20H23NO2. The van der Waals surface area contributed by atoms with Crippen LogP contribution in [0.2, 0.25) is 0 Å². The summed E-state index contributed by atoms with van der Waals surface area (Å²) < 4.78 is 5.25. The molecule has 0 bridgehead atoms. The number of rotatable bonds is 4. The molecule has 3 rings (SSSR count). The molecule has 0 saturated carbocycles. The standard InChI is InChI=1S/C20H23NO2/c1-4-14(2)15-5-7-17(8-6-15)21-12-11-16-13-18(23-3)9-10-19(16)20(21)22/h5-10,13-14H,4,11-12H2,1-3H3. The van der Waals surface area contributed by atoms with Gasteiger partial charge in [-0.25, -0.2) is 0 Å². The SMILES string of the molecule is CCC(C)c1ccc(N2CCc3cc(OC)ccc3C2=O)cc1. The van der Waals surface area contributed by atoms with E-state index in [-0.39, 0.29) is 5.91 Å². The van der Waals surface area contributed by atoms with Crippen LogP contribution in [0, 0.1) is 0 Å². The minimum absolute atomic E-state index is 0.0743. The third kappa shape index (κ3) is 2.96.